The minimum absolute atomic E-state index is 0.000267. The van der Waals surface area contributed by atoms with Crippen LogP contribution >= 0.6 is 0 Å². The number of nitro benzene ring substituents is 2. The van der Waals surface area contributed by atoms with Crippen LogP contribution in [-0.4, -0.2) is 80.4 Å². The summed E-state index contributed by atoms with van der Waals surface area (Å²) in [5, 5.41) is 47.7. The standard InChI is InChI=1S/C49H60N4O11/c1-6-25-51(45(56)24-19-33-17-20-35(21-18-33)52(57)58)44-32-42(50-64-48(3,4)5)40-29-34(13-8-10-26-54)39(16-9-11-27-55)46-41-31-38(62-37-15-12-14-36(30-37)53(59)60)22-23-43(41)63-49(44,47(40)46)61-28-7-2/h7,12,14-15,17-24,29-31,34,39,44,46-47,54-55H,2,6,8-11,13,16,25-28,32H2,1,3-5H3. The minimum Gasteiger partial charge on any atom is -0.459 e. The van der Waals surface area contributed by atoms with Gasteiger partial charge in [0.1, 0.15) is 28.9 Å². The highest BCUT2D eigenvalue weighted by atomic mass is 16.7. The van der Waals surface area contributed by atoms with Crippen molar-refractivity contribution in [2.75, 3.05) is 26.4 Å². The van der Waals surface area contributed by atoms with Crippen molar-refractivity contribution in [2.45, 2.75) is 102 Å². The van der Waals surface area contributed by atoms with Crippen LogP contribution in [0, 0.1) is 38.0 Å². The predicted octanol–water partition coefficient (Wildman–Crippen LogP) is 9.68. The number of amides is 1. The van der Waals surface area contributed by atoms with E-state index in [1.54, 1.807) is 47.4 Å². The molecule has 0 spiro atoms. The van der Waals surface area contributed by atoms with E-state index in [4.69, 9.17) is 24.2 Å². The molecule has 3 aromatic carbocycles. The van der Waals surface area contributed by atoms with Crippen LogP contribution in [0.5, 0.6) is 17.2 Å². The van der Waals surface area contributed by atoms with Crippen molar-refractivity contribution in [3.63, 3.8) is 0 Å². The highest BCUT2D eigenvalue weighted by Gasteiger charge is 2.65. The van der Waals surface area contributed by atoms with Gasteiger partial charge in [0, 0.05) is 61.9 Å². The lowest BCUT2D eigenvalue weighted by molar-refractivity contribution is -0.385. The summed E-state index contributed by atoms with van der Waals surface area (Å²) < 4.78 is 20.7. The van der Waals surface area contributed by atoms with Crippen molar-refractivity contribution >= 4 is 29.1 Å². The molecule has 6 atom stereocenters. The Labute approximate surface area is 374 Å². The van der Waals surface area contributed by atoms with Crippen LogP contribution in [0.1, 0.15) is 96.1 Å². The monoisotopic (exact) mass is 880 g/mol. The van der Waals surface area contributed by atoms with Crippen LogP contribution in [0.15, 0.2) is 102 Å². The maximum atomic E-state index is 14.7. The lowest BCUT2D eigenvalue weighted by Crippen LogP contribution is -2.70. The van der Waals surface area contributed by atoms with E-state index in [0.717, 1.165) is 36.8 Å². The third-order valence-electron chi connectivity index (χ3n) is 12.0. The van der Waals surface area contributed by atoms with Gasteiger partial charge in [0.25, 0.3) is 11.4 Å². The van der Waals surface area contributed by atoms with Gasteiger partial charge >= 0.3 is 0 Å². The number of fused-ring (bicyclic) bond motifs is 2. The third kappa shape index (κ3) is 10.9. The number of hydrogen-bond acceptors (Lipinski definition) is 12. The van der Waals surface area contributed by atoms with Gasteiger partial charge in [0.2, 0.25) is 11.7 Å². The number of allylic oxidation sites excluding steroid dienone is 1. The van der Waals surface area contributed by atoms with E-state index in [1.807, 2.05) is 39.8 Å². The Hall–Kier alpha value is -5.90. The van der Waals surface area contributed by atoms with Gasteiger partial charge in [0.15, 0.2) is 0 Å². The van der Waals surface area contributed by atoms with Gasteiger partial charge in [-0.1, -0.05) is 43.1 Å². The molecule has 15 heteroatoms. The molecule has 0 saturated heterocycles. The lowest BCUT2D eigenvalue weighted by atomic mass is 9.55. The van der Waals surface area contributed by atoms with E-state index in [2.05, 4.69) is 12.7 Å². The number of benzene rings is 3. The Morgan fingerprint density at radius 3 is 2.33 bits per heavy atom. The van der Waals surface area contributed by atoms with Crippen molar-refractivity contribution in [1.29, 1.82) is 0 Å². The summed E-state index contributed by atoms with van der Waals surface area (Å²) in [7, 11) is 0. The topological polar surface area (TPSA) is 196 Å². The fourth-order valence-corrected chi connectivity index (χ4v) is 9.33. The number of carbonyl (C=O) groups is 1. The van der Waals surface area contributed by atoms with Gasteiger partial charge < -0.3 is 34.2 Å². The van der Waals surface area contributed by atoms with Gasteiger partial charge in [0.05, 0.1) is 34.1 Å². The van der Waals surface area contributed by atoms with E-state index < -0.39 is 33.2 Å². The smallest absolute Gasteiger partial charge is 0.273 e. The number of unbranched alkanes of at least 4 members (excludes halogenated alkanes) is 2. The second-order valence-corrected chi connectivity index (χ2v) is 17.5. The van der Waals surface area contributed by atoms with Crippen LogP contribution in [-0.2, 0) is 14.4 Å². The summed E-state index contributed by atoms with van der Waals surface area (Å²) >= 11 is 0. The first-order chi connectivity index (χ1) is 30.7. The van der Waals surface area contributed by atoms with Crippen LogP contribution in [0.2, 0.25) is 0 Å². The molecule has 64 heavy (non-hydrogen) atoms. The number of aliphatic hydroxyl groups excluding tert-OH is 2. The zero-order valence-electron chi connectivity index (χ0n) is 37.1. The van der Waals surface area contributed by atoms with Gasteiger partial charge in [-0.3, -0.25) is 25.0 Å². The number of oxime groups is 1. The van der Waals surface area contributed by atoms with E-state index >= 15 is 0 Å². The molecular formula is C49H60N4O11. The molecule has 6 unspecified atom stereocenters. The second kappa shape index (κ2) is 21.2. The molecule has 3 aliphatic rings. The Bertz CT molecular complexity index is 2230. The molecule has 0 radical (unpaired) electrons. The Morgan fingerprint density at radius 1 is 0.969 bits per heavy atom. The minimum atomic E-state index is -1.49. The average molecular weight is 881 g/mol. The Morgan fingerprint density at radius 2 is 1.67 bits per heavy atom. The summed E-state index contributed by atoms with van der Waals surface area (Å²) in [6, 6.07) is 16.7. The van der Waals surface area contributed by atoms with Crippen molar-refractivity contribution in [3.8, 4) is 17.2 Å². The number of hydrogen-bond donors (Lipinski definition) is 2. The van der Waals surface area contributed by atoms with Crippen LogP contribution in [0.3, 0.4) is 0 Å². The first-order valence-corrected chi connectivity index (χ1v) is 22.2. The highest BCUT2D eigenvalue weighted by molar-refractivity contribution is 6.03. The number of ether oxygens (including phenoxy) is 3. The van der Waals surface area contributed by atoms with Crippen molar-refractivity contribution < 1.29 is 43.9 Å². The summed E-state index contributed by atoms with van der Waals surface area (Å²) in [5.74, 6) is -1.46. The Balaban J connectivity index is 1.57. The summed E-state index contributed by atoms with van der Waals surface area (Å²) in [4.78, 5) is 44.7. The zero-order chi connectivity index (χ0) is 46.0. The summed E-state index contributed by atoms with van der Waals surface area (Å²) in [6.45, 7) is 12.2. The van der Waals surface area contributed by atoms with Gasteiger partial charge in [-0.05, 0) is 118 Å². The molecule has 6 rings (SSSR count). The zero-order valence-corrected chi connectivity index (χ0v) is 37.1. The number of nitro groups is 2. The van der Waals surface area contributed by atoms with Crippen LogP contribution in [0.25, 0.3) is 6.08 Å². The molecule has 1 fully saturated rings. The number of nitrogens with zero attached hydrogens (tertiary/aromatic N) is 4. The fraction of sp³-hybridized carbons (Fsp3) is 0.469. The van der Waals surface area contributed by atoms with Crippen molar-refractivity contribution in [1.82, 2.24) is 4.90 Å². The Kier molecular flexibility index (Phi) is 15.7. The van der Waals surface area contributed by atoms with E-state index in [-0.39, 0.29) is 61.3 Å². The maximum Gasteiger partial charge on any atom is 0.273 e. The summed E-state index contributed by atoms with van der Waals surface area (Å²) in [6.07, 6.45) is 12.1. The van der Waals surface area contributed by atoms with Gasteiger partial charge in [-0.2, -0.15) is 0 Å². The lowest BCUT2D eigenvalue weighted by Gasteiger charge is -2.60. The van der Waals surface area contributed by atoms with Crippen LogP contribution in [0.4, 0.5) is 11.4 Å². The van der Waals surface area contributed by atoms with Gasteiger partial charge in [-0.15, -0.1) is 6.58 Å². The normalized spacial score (nSPS) is 23.1. The first kappa shape index (κ1) is 47.6. The number of carbonyl (C=O) groups excluding carboxylic acids is 1. The molecule has 2 aliphatic carbocycles. The fourth-order valence-electron chi connectivity index (χ4n) is 9.33. The molecule has 3 aromatic rings. The molecule has 2 N–H and O–H groups in total. The number of rotatable bonds is 21. The third-order valence-corrected chi connectivity index (χ3v) is 12.0. The second-order valence-electron chi connectivity index (χ2n) is 17.5. The van der Waals surface area contributed by atoms with Crippen molar-refractivity contribution in [2.24, 2.45) is 22.9 Å². The molecule has 342 valence electrons. The summed E-state index contributed by atoms with van der Waals surface area (Å²) in [5.41, 5.74) is 2.16. The molecule has 0 aromatic heterocycles. The van der Waals surface area contributed by atoms with Crippen LogP contribution < -0.4 is 9.47 Å². The maximum absolute atomic E-state index is 14.7. The molecule has 1 heterocycles. The number of aliphatic hydroxyl groups is 2. The average Bonchev–Trinajstić information content (AvgIpc) is 3.27. The largest absolute Gasteiger partial charge is 0.459 e. The van der Waals surface area contributed by atoms with E-state index in [1.165, 1.54) is 30.3 Å². The molecule has 15 nitrogen and oxygen atoms in total. The number of non-ortho nitro benzene ring substituents is 2. The molecule has 1 aliphatic heterocycles. The predicted molar refractivity (Wildman–Crippen MR) is 243 cm³/mol. The molecule has 1 amide bonds. The molecule has 0 bridgehead atoms. The SMILES string of the molecule is C=CCOC12Oc3ccc(Oc4cccc([N+](=O)[O-])c4)cc3C3C(CCCCO)C(CCCCO)C=C(C(=NOC(C)(C)C)CC1N(CCC)C(=O)C=Cc1ccc([N+](=O)[O-])cc1)C32. The van der Waals surface area contributed by atoms with Crippen molar-refractivity contribution in [3.05, 3.63) is 128 Å². The highest BCUT2D eigenvalue weighted by Crippen LogP contribution is 2.62. The van der Waals surface area contributed by atoms with Gasteiger partial charge in [-0.25, -0.2) is 0 Å². The molecule has 1 saturated carbocycles. The quantitative estimate of drug-likeness (QED) is 0.0340. The molecular weight excluding hydrogens is 821 g/mol. The first-order valence-electron chi connectivity index (χ1n) is 22.2. The van der Waals surface area contributed by atoms with E-state index in [0.29, 0.717) is 54.3 Å². The van der Waals surface area contributed by atoms with E-state index in [9.17, 15) is 35.2 Å².